The normalized spacial score (nSPS) is 12.6. The number of halogens is 1. The Bertz CT molecular complexity index is 795. The summed E-state index contributed by atoms with van der Waals surface area (Å²) in [5.74, 6) is 1.52. The fourth-order valence-electron chi connectivity index (χ4n) is 2.42. The Kier molecular flexibility index (Phi) is 3.74. The molecular weight excluding hydrogens is 330 g/mol. The highest BCUT2D eigenvalue weighted by atomic mass is 79.9. The first-order chi connectivity index (χ1) is 10.1. The zero-order valence-electron chi connectivity index (χ0n) is 11.9. The van der Waals surface area contributed by atoms with Gasteiger partial charge in [-0.1, -0.05) is 34.1 Å². The van der Waals surface area contributed by atoms with Gasteiger partial charge in [-0.15, -0.1) is 0 Å². The molecule has 1 unspecified atom stereocenters. The molecule has 0 saturated carbocycles. The van der Waals surface area contributed by atoms with E-state index in [1.54, 1.807) is 7.11 Å². The Morgan fingerprint density at radius 3 is 2.71 bits per heavy atom. The molecule has 3 aromatic rings. The average Bonchev–Trinajstić information content (AvgIpc) is 2.93. The quantitative estimate of drug-likeness (QED) is 0.756. The highest BCUT2D eigenvalue weighted by molar-refractivity contribution is 9.10. The van der Waals surface area contributed by atoms with Crippen LogP contribution in [-0.4, -0.2) is 7.11 Å². The maximum absolute atomic E-state index is 6.38. The topological polar surface area (TPSA) is 48.4 Å². The highest BCUT2D eigenvalue weighted by Gasteiger charge is 2.18. The van der Waals surface area contributed by atoms with Gasteiger partial charge in [-0.3, -0.25) is 0 Å². The van der Waals surface area contributed by atoms with E-state index in [0.29, 0.717) is 0 Å². The van der Waals surface area contributed by atoms with Crippen molar-refractivity contribution in [2.24, 2.45) is 5.73 Å². The van der Waals surface area contributed by atoms with E-state index >= 15 is 0 Å². The number of ether oxygens (including phenoxy) is 1. The van der Waals surface area contributed by atoms with Gasteiger partial charge in [0.05, 0.1) is 13.2 Å². The number of para-hydroxylation sites is 1. The van der Waals surface area contributed by atoms with Crippen LogP contribution in [0.4, 0.5) is 0 Å². The molecule has 108 valence electrons. The number of nitrogens with two attached hydrogens (primary N) is 1. The van der Waals surface area contributed by atoms with E-state index in [4.69, 9.17) is 14.9 Å². The van der Waals surface area contributed by atoms with Crippen LogP contribution in [0.5, 0.6) is 5.75 Å². The third-order valence-electron chi connectivity index (χ3n) is 3.60. The lowest BCUT2D eigenvalue weighted by Crippen LogP contribution is -2.11. The summed E-state index contributed by atoms with van der Waals surface area (Å²) in [6.45, 7) is 2.03. The Hall–Kier alpha value is -1.78. The molecule has 3 nitrogen and oxygen atoms in total. The van der Waals surface area contributed by atoms with Crippen molar-refractivity contribution in [2.45, 2.75) is 13.0 Å². The van der Waals surface area contributed by atoms with E-state index in [1.807, 2.05) is 49.4 Å². The number of methoxy groups -OCH3 is 1. The molecule has 0 radical (unpaired) electrons. The van der Waals surface area contributed by atoms with E-state index < -0.39 is 0 Å². The van der Waals surface area contributed by atoms with Crippen molar-refractivity contribution in [2.75, 3.05) is 7.11 Å². The van der Waals surface area contributed by atoms with Crippen LogP contribution in [0.25, 0.3) is 11.0 Å². The summed E-state index contributed by atoms with van der Waals surface area (Å²) >= 11 is 3.54. The SMILES string of the molecule is COc1ccc(Br)c(C(N)c2cc3cccc(C)c3o2)c1. The van der Waals surface area contributed by atoms with Gasteiger partial charge in [0.25, 0.3) is 0 Å². The molecule has 0 aliphatic carbocycles. The number of fused-ring (bicyclic) bond motifs is 1. The number of hydrogen-bond donors (Lipinski definition) is 1. The molecule has 1 aromatic heterocycles. The number of rotatable bonds is 3. The van der Waals surface area contributed by atoms with Crippen molar-refractivity contribution >= 4 is 26.9 Å². The molecule has 2 aromatic carbocycles. The summed E-state index contributed by atoms with van der Waals surface area (Å²) in [5.41, 5.74) is 9.31. The molecular formula is C17H16BrNO2. The van der Waals surface area contributed by atoms with Crippen LogP contribution in [0.2, 0.25) is 0 Å². The second kappa shape index (κ2) is 5.54. The number of aryl methyl sites for hydroxylation is 1. The molecule has 0 aliphatic heterocycles. The maximum Gasteiger partial charge on any atom is 0.137 e. The molecule has 2 N–H and O–H groups in total. The molecule has 21 heavy (non-hydrogen) atoms. The van der Waals surface area contributed by atoms with Gasteiger partial charge in [0.2, 0.25) is 0 Å². The van der Waals surface area contributed by atoms with Crippen molar-refractivity contribution in [3.63, 3.8) is 0 Å². The van der Waals surface area contributed by atoms with Crippen LogP contribution in [0.15, 0.2) is 51.4 Å². The third kappa shape index (κ3) is 2.57. The van der Waals surface area contributed by atoms with Gasteiger partial charge in [-0.2, -0.15) is 0 Å². The van der Waals surface area contributed by atoms with E-state index in [-0.39, 0.29) is 6.04 Å². The largest absolute Gasteiger partial charge is 0.497 e. The maximum atomic E-state index is 6.38. The van der Waals surface area contributed by atoms with E-state index in [1.165, 1.54) is 0 Å². The first kappa shape index (κ1) is 14.2. The minimum Gasteiger partial charge on any atom is -0.497 e. The molecule has 3 rings (SSSR count). The number of furan rings is 1. The molecule has 1 atom stereocenters. The van der Waals surface area contributed by atoms with Crippen LogP contribution in [-0.2, 0) is 0 Å². The van der Waals surface area contributed by atoms with Gasteiger partial charge in [0.15, 0.2) is 0 Å². The molecule has 0 bridgehead atoms. The van der Waals surface area contributed by atoms with Crippen LogP contribution >= 0.6 is 15.9 Å². The first-order valence-electron chi connectivity index (χ1n) is 6.68. The summed E-state index contributed by atoms with van der Waals surface area (Å²) in [6.07, 6.45) is 0. The lowest BCUT2D eigenvalue weighted by atomic mass is 10.0. The Balaban J connectivity index is 2.07. The Labute approximate surface area is 131 Å². The van der Waals surface area contributed by atoms with Gasteiger partial charge in [0.1, 0.15) is 17.1 Å². The molecule has 0 spiro atoms. The Morgan fingerprint density at radius 1 is 1.19 bits per heavy atom. The third-order valence-corrected chi connectivity index (χ3v) is 4.33. The minimum absolute atomic E-state index is 0.346. The predicted molar refractivity (Wildman–Crippen MR) is 87.7 cm³/mol. The number of benzene rings is 2. The minimum atomic E-state index is -0.346. The van der Waals surface area contributed by atoms with E-state index in [0.717, 1.165) is 38.1 Å². The number of hydrogen-bond acceptors (Lipinski definition) is 3. The van der Waals surface area contributed by atoms with Gasteiger partial charge >= 0.3 is 0 Å². The molecule has 0 saturated heterocycles. The Morgan fingerprint density at radius 2 is 2.00 bits per heavy atom. The lowest BCUT2D eigenvalue weighted by Gasteiger charge is -2.12. The molecule has 1 heterocycles. The second-order valence-corrected chi connectivity index (χ2v) is 5.86. The van der Waals surface area contributed by atoms with Crippen molar-refractivity contribution in [1.82, 2.24) is 0 Å². The van der Waals surface area contributed by atoms with Gasteiger partial charge < -0.3 is 14.9 Å². The molecule has 0 aliphatic rings. The first-order valence-corrected chi connectivity index (χ1v) is 7.47. The van der Waals surface area contributed by atoms with E-state index in [9.17, 15) is 0 Å². The predicted octanol–water partition coefficient (Wildman–Crippen LogP) is 4.56. The van der Waals surface area contributed by atoms with Crippen LogP contribution in [0.1, 0.15) is 22.9 Å². The summed E-state index contributed by atoms with van der Waals surface area (Å²) in [7, 11) is 1.64. The second-order valence-electron chi connectivity index (χ2n) is 5.01. The van der Waals surface area contributed by atoms with Crippen molar-refractivity contribution < 1.29 is 9.15 Å². The van der Waals surface area contributed by atoms with E-state index in [2.05, 4.69) is 15.9 Å². The highest BCUT2D eigenvalue weighted by Crippen LogP contribution is 2.33. The summed E-state index contributed by atoms with van der Waals surface area (Å²) in [4.78, 5) is 0. The molecule has 0 fully saturated rings. The monoisotopic (exact) mass is 345 g/mol. The van der Waals surface area contributed by atoms with Gasteiger partial charge in [-0.25, -0.2) is 0 Å². The van der Waals surface area contributed by atoms with Crippen LogP contribution in [0.3, 0.4) is 0 Å². The fraction of sp³-hybridized carbons (Fsp3) is 0.176. The van der Waals surface area contributed by atoms with Crippen molar-refractivity contribution in [1.29, 1.82) is 0 Å². The van der Waals surface area contributed by atoms with Crippen LogP contribution in [0, 0.1) is 6.92 Å². The fourth-order valence-corrected chi connectivity index (χ4v) is 2.92. The zero-order valence-corrected chi connectivity index (χ0v) is 13.5. The standard InChI is InChI=1S/C17H16BrNO2/c1-10-4-3-5-11-8-15(21-17(10)11)16(19)13-9-12(20-2)6-7-14(13)18/h3-9,16H,19H2,1-2H3. The summed E-state index contributed by atoms with van der Waals surface area (Å²) < 4.78 is 12.2. The van der Waals surface area contributed by atoms with Crippen LogP contribution < -0.4 is 10.5 Å². The zero-order chi connectivity index (χ0) is 15.0. The van der Waals surface area contributed by atoms with Crippen molar-refractivity contribution in [3.8, 4) is 5.75 Å². The molecule has 4 heteroatoms. The average molecular weight is 346 g/mol. The van der Waals surface area contributed by atoms with Gasteiger partial charge in [0, 0.05) is 9.86 Å². The summed E-state index contributed by atoms with van der Waals surface area (Å²) in [6, 6.07) is 13.5. The smallest absolute Gasteiger partial charge is 0.137 e. The van der Waals surface area contributed by atoms with Gasteiger partial charge in [-0.05, 0) is 42.3 Å². The molecule has 0 amide bonds. The lowest BCUT2D eigenvalue weighted by molar-refractivity contribution is 0.413. The summed E-state index contributed by atoms with van der Waals surface area (Å²) in [5, 5.41) is 1.07. The van der Waals surface area contributed by atoms with Crippen molar-refractivity contribution in [3.05, 3.63) is 63.8 Å².